The molecule has 1 aromatic heterocycles. The number of esters is 1. The molecule has 0 saturated heterocycles. The van der Waals surface area contributed by atoms with Crippen molar-refractivity contribution in [2.45, 2.75) is 26.6 Å². The van der Waals surface area contributed by atoms with Gasteiger partial charge in [0.05, 0.1) is 6.61 Å². The number of amides is 1. The number of halogens is 1. The molecule has 0 bridgehead atoms. The van der Waals surface area contributed by atoms with E-state index in [-0.39, 0.29) is 12.4 Å². The molecule has 7 heteroatoms. The molecule has 0 spiro atoms. The van der Waals surface area contributed by atoms with Crippen molar-refractivity contribution in [2.24, 2.45) is 0 Å². The van der Waals surface area contributed by atoms with Gasteiger partial charge in [-0.1, -0.05) is 18.2 Å². The fourth-order valence-electron chi connectivity index (χ4n) is 2.66. The number of para-hydroxylation sites is 1. The third-order valence-corrected chi connectivity index (χ3v) is 4.10. The standard InChI is InChI=1S/C21H20FNO5/c1-3-26-12-17-16-6-4-5-7-18(16)28-19(17)21(25)27-13(2)20(24)23-15-10-8-14(22)9-11-15/h4-11,13H,3,12H2,1-2H3,(H,23,24)/t13-/m1/s1. The highest BCUT2D eigenvalue weighted by Crippen LogP contribution is 2.27. The summed E-state index contributed by atoms with van der Waals surface area (Å²) in [6.07, 6.45) is -1.08. The minimum atomic E-state index is -1.08. The van der Waals surface area contributed by atoms with Crippen LogP contribution in [-0.2, 0) is 20.9 Å². The molecule has 0 fully saturated rings. The molecule has 1 N–H and O–H groups in total. The van der Waals surface area contributed by atoms with Gasteiger partial charge in [0.1, 0.15) is 11.4 Å². The molecule has 6 nitrogen and oxygen atoms in total. The number of hydrogen-bond donors (Lipinski definition) is 1. The van der Waals surface area contributed by atoms with Gasteiger partial charge < -0.3 is 19.2 Å². The Labute approximate surface area is 161 Å². The molecule has 0 radical (unpaired) electrons. The van der Waals surface area contributed by atoms with Crippen molar-refractivity contribution in [2.75, 3.05) is 11.9 Å². The number of fused-ring (bicyclic) bond motifs is 1. The highest BCUT2D eigenvalue weighted by atomic mass is 19.1. The zero-order chi connectivity index (χ0) is 20.1. The lowest BCUT2D eigenvalue weighted by molar-refractivity contribution is -0.123. The number of ether oxygens (including phenoxy) is 2. The maximum atomic E-state index is 13.0. The highest BCUT2D eigenvalue weighted by molar-refractivity contribution is 5.99. The summed E-state index contributed by atoms with van der Waals surface area (Å²) in [6.45, 7) is 3.96. The largest absolute Gasteiger partial charge is 0.449 e. The molecular weight excluding hydrogens is 365 g/mol. The summed E-state index contributed by atoms with van der Waals surface area (Å²) in [5, 5.41) is 3.32. The van der Waals surface area contributed by atoms with Gasteiger partial charge in [0.15, 0.2) is 6.10 Å². The second-order valence-corrected chi connectivity index (χ2v) is 6.09. The maximum Gasteiger partial charge on any atom is 0.375 e. The molecule has 1 atom stereocenters. The molecular formula is C21H20FNO5. The lowest BCUT2D eigenvalue weighted by Crippen LogP contribution is -2.30. The second kappa shape index (κ2) is 8.67. The maximum absolute atomic E-state index is 13.0. The van der Waals surface area contributed by atoms with Gasteiger partial charge in [-0.05, 0) is 44.2 Å². The van der Waals surface area contributed by atoms with E-state index in [0.717, 1.165) is 5.39 Å². The predicted molar refractivity (Wildman–Crippen MR) is 101 cm³/mol. The van der Waals surface area contributed by atoms with Crippen LogP contribution in [0.25, 0.3) is 11.0 Å². The molecule has 146 valence electrons. The van der Waals surface area contributed by atoms with E-state index in [1.54, 1.807) is 12.1 Å². The highest BCUT2D eigenvalue weighted by Gasteiger charge is 2.26. The van der Waals surface area contributed by atoms with Gasteiger partial charge in [0, 0.05) is 23.2 Å². The molecule has 1 amide bonds. The number of anilines is 1. The van der Waals surface area contributed by atoms with Crippen LogP contribution in [-0.4, -0.2) is 24.6 Å². The summed E-state index contributed by atoms with van der Waals surface area (Å²) < 4.78 is 29.3. The third-order valence-electron chi connectivity index (χ3n) is 4.10. The lowest BCUT2D eigenvalue weighted by Gasteiger charge is -2.13. The average molecular weight is 385 g/mol. The lowest BCUT2D eigenvalue weighted by atomic mass is 10.1. The number of rotatable bonds is 7. The Morgan fingerprint density at radius 1 is 1.14 bits per heavy atom. The Hall–Kier alpha value is -3.19. The van der Waals surface area contributed by atoms with Crippen LogP contribution < -0.4 is 5.32 Å². The zero-order valence-electron chi connectivity index (χ0n) is 15.5. The summed E-state index contributed by atoms with van der Waals surface area (Å²) in [5.74, 6) is -1.70. The number of benzene rings is 2. The number of carbonyl (C=O) groups is 2. The Balaban J connectivity index is 1.74. The van der Waals surface area contributed by atoms with E-state index >= 15 is 0 Å². The van der Waals surface area contributed by atoms with E-state index in [4.69, 9.17) is 13.9 Å². The SMILES string of the molecule is CCOCc1c(C(=O)O[C@H](C)C(=O)Nc2ccc(F)cc2)oc2ccccc12. The van der Waals surface area contributed by atoms with Crippen molar-refractivity contribution in [3.8, 4) is 0 Å². The van der Waals surface area contributed by atoms with E-state index in [2.05, 4.69) is 5.32 Å². The fourth-order valence-corrected chi connectivity index (χ4v) is 2.66. The van der Waals surface area contributed by atoms with E-state index in [0.29, 0.717) is 23.4 Å². The molecule has 0 aliphatic rings. The van der Waals surface area contributed by atoms with Crippen LogP contribution in [0.5, 0.6) is 0 Å². The molecule has 3 aromatic rings. The number of carbonyl (C=O) groups excluding carboxylic acids is 2. The number of furan rings is 1. The number of hydrogen-bond acceptors (Lipinski definition) is 5. The fraction of sp³-hybridized carbons (Fsp3) is 0.238. The molecule has 2 aromatic carbocycles. The summed E-state index contributed by atoms with van der Waals surface area (Å²) in [6, 6.07) is 12.5. The minimum absolute atomic E-state index is 0.0103. The smallest absolute Gasteiger partial charge is 0.375 e. The van der Waals surface area contributed by atoms with Crippen molar-refractivity contribution in [1.82, 2.24) is 0 Å². The Morgan fingerprint density at radius 3 is 2.57 bits per heavy atom. The van der Waals surface area contributed by atoms with Gasteiger partial charge in [-0.3, -0.25) is 4.79 Å². The van der Waals surface area contributed by atoms with Crippen molar-refractivity contribution >= 4 is 28.5 Å². The first-order valence-corrected chi connectivity index (χ1v) is 8.85. The van der Waals surface area contributed by atoms with E-state index in [1.807, 2.05) is 19.1 Å². The van der Waals surface area contributed by atoms with E-state index in [1.165, 1.54) is 31.2 Å². The van der Waals surface area contributed by atoms with Crippen LogP contribution in [0.15, 0.2) is 52.9 Å². The van der Waals surface area contributed by atoms with Crippen molar-refractivity contribution in [3.63, 3.8) is 0 Å². The monoisotopic (exact) mass is 385 g/mol. The van der Waals surface area contributed by atoms with Crippen molar-refractivity contribution in [3.05, 3.63) is 65.7 Å². The molecule has 0 aliphatic carbocycles. The van der Waals surface area contributed by atoms with Crippen molar-refractivity contribution < 1.29 is 27.9 Å². The molecule has 0 unspecified atom stereocenters. The van der Waals surface area contributed by atoms with E-state index in [9.17, 15) is 14.0 Å². The predicted octanol–water partition coefficient (Wildman–Crippen LogP) is 4.29. The van der Waals surface area contributed by atoms with Crippen LogP contribution in [0.4, 0.5) is 10.1 Å². The van der Waals surface area contributed by atoms with Gasteiger partial charge in [-0.15, -0.1) is 0 Å². The first-order chi connectivity index (χ1) is 13.5. The first-order valence-electron chi connectivity index (χ1n) is 8.85. The molecule has 0 aliphatic heterocycles. The summed E-state index contributed by atoms with van der Waals surface area (Å²) >= 11 is 0. The topological polar surface area (TPSA) is 77.8 Å². The van der Waals surface area contributed by atoms with Gasteiger partial charge >= 0.3 is 5.97 Å². The Kier molecular flexibility index (Phi) is 6.06. The molecule has 3 rings (SSSR count). The second-order valence-electron chi connectivity index (χ2n) is 6.09. The molecule has 1 heterocycles. The van der Waals surface area contributed by atoms with Crippen LogP contribution in [0.1, 0.15) is 30.0 Å². The first kappa shape index (κ1) is 19.6. The van der Waals surface area contributed by atoms with Crippen LogP contribution >= 0.6 is 0 Å². The number of nitrogens with one attached hydrogen (secondary N) is 1. The van der Waals surface area contributed by atoms with E-state index < -0.39 is 23.8 Å². The van der Waals surface area contributed by atoms with Crippen LogP contribution in [0.2, 0.25) is 0 Å². The third kappa shape index (κ3) is 4.37. The van der Waals surface area contributed by atoms with Crippen molar-refractivity contribution in [1.29, 1.82) is 0 Å². The van der Waals surface area contributed by atoms with Crippen LogP contribution in [0.3, 0.4) is 0 Å². The minimum Gasteiger partial charge on any atom is -0.449 e. The Morgan fingerprint density at radius 2 is 1.86 bits per heavy atom. The quantitative estimate of drug-likeness (QED) is 0.614. The van der Waals surface area contributed by atoms with Crippen LogP contribution in [0, 0.1) is 5.82 Å². The molecule has 28 heavy (non-hydrogen) atoms. The zero-order valence-corrected chi connectivity index (χ0v) is 15.5. The van der Waals surface area contributed by atoms with Gasteiger partial charge in [0.25, 0.3) is 5.91 Å². The summed E-state index contributed by atoms with van der Waals surface area (Å²) in [4.78, 5) is 24.9. The Bertz CT molecular complexity index is 980. The average Bonchev–Trinajstić information content (AvgIpc) is 3.06. The van der Waals surface area contributed by atoms with Gasteiger partial charge in [-0.25, -0.2) is 9.18 Å². The summed E-state index contributed by atoms with van der Waals surface area (Å²) in [5.41, 5.74) is 1.51. The van der Waals surface area contributed by atoms with Gasteiger partial charge in [-0.2, -0.15) is 0 Å². The van der Waals surface area contributed by atoms with Gasteiger partial charge in [0.2, 0.25) is 5.76 Å². The summed E-state index contributed by atoms with van der Waals surface area (Å²) in [7, 11) is 0. The normalized spacial score (nSPS) is 12.0. The molecule has 0 saturated carbocycles.